The summed E-state index contributed by atoms with van der Waals surface area (Å²) in [5, 5.41) is 0. The quantitative estimate of drug-likeness (QED) is 0.703. The molecule has 0 atom stereocenters. The van der Waals surface area contributed by atoms with Gasteiger partial charge in [-0.3, -0.25) is 0 Å². The first kappa shape index (κ1) is 10.4. The number of hydrogen-bond acceptors (Lipinski definition) is 2. The van der Waals surface area contributed by atoms with Gasteiger partial charge in [-0.15, -0.1) is 0 Å². The normalized spacial score (nSPS) is 12.3. The van der Waals surface area contributed by atoms with Gasteiger partial charge in [-0.25, -0.2) is 4.98 Å². The van der Waals surface area contributed by atoms with Crippen molar-refractivity contribution in [3.05, 3.63) is 24.5 Å². The van der Waals surface area contributed by atoms with Crippen LogP contribution in [0.25, 0.3) is 11.0 Å². The van der Waals surface area contributed by atoms with Gasteiger partial charge in [-0.05, 0) is 30.0 Å². The molecule has 0 aliphatic carbocycles. The van der Waals surface area contributed by atoms with E-state index in [1.165, 1.54) is 12.1 Å². The van der Waals surface area contributed by atoms with E-state index in [2.05, 4.69) is 4.98 Å². The molecule has 1 heterocycles. The first-order valence-electron chi connectivity index (χ1n) is 4.12. The number of thioether (sulfide) groups is 1. The van der Waals surface area contributed by atoms with Crippen LogP contribution >= 0.6 is 11.8 Å². The van der Waals surface area contributed by atoms with Crippen LogP contribution in [0.2, 0.25) is 0 Å². The van der Waals surface area contributed by atoms with Crippen LogP contribution in [0.1, 0.15) is 0 Å². The molecule has 0 N–H and O–H groups in total. The van der Waals surface area contributed by atoms with Crippen LogP contribution in [0.15, 0.2) is 29.4 Å². The third kappa shape index (κ3) is 2.26. The Morgan fingerprint density at radius 3 is 2.73 bits per heavy atom. The van der Waals surface area contributed by atoms with Gasteiger partial charge in [-0.1, -0.05) is 0 Å². The number of aryl methyl sites for hydroxylation is 1. The summed E-state index contributed by atoms with van der Waals surface area (Å²) in [4.78, 5) is 4.15. The van der Waals surface area contributed by atoms with Crippen molar-refractivity contribution >= 4 is 22.8 Å². The molecule has 1 aromatic carbocycles. The molecular formula is C9H7F3N2S. The van der Waals surface area contributed by atoms with E-state index in [9.17, 15) is 13.2 Å². The van der Waals surface area contributed by atoms with Gasteiger partial charge in [0, 0.05) is 11.9 Å². The van der Waals surface area contributed by atoms with E-state index in [1.54, 1.807) is 24.0 Å². The maximum Gasteiger partial charge on any atom is 0.446 e. The van der Waals surface area contributed by atoms with E-state index in [0.29, 0.717) is 5.52 Å². The number of fused-ring (bicyclic) bond motifs is 1. The van der Waals surface area contributed by atoms with Crippen molar-refractivity contribution in [2.45, 2.75) is 10.4 Å². The number of alkyl halides is 3. The minimum Gasteiger partial charge on any atom is -0.334 e. The lowest BCUT2D eigenvalue weighted by Gasteiger charge is -2.04. The van der Waals surface area contributed by atoms with E-state index in [-0.39, 0.29) is 16.7 Å². The molecule has 0 fully saturated rings. The molecule has 0 unspecified atom stereocenters. The van der Waals surface area contributed by atoms with Crippen LogP contribution < -0.4 is 0 Å². The van der Waals surface area contributed by atoms with E-state index < -0.39 is 5.51 Å². The first-order valence-corrected chi connectivity index (χ1v) is 4.94. The molecule has 0 aliphatic heterocycles. The number of aromatic nitrogens is 2. The number of benzene rings is 1. The summed E-state index contributed by atoms with van der Waals surface area (Å²) in [7, 11) is 1.80. The van der Waals surface area contributed by atoms with Crippen LogP contribution in [-0.4, -0.2) is 15.1 Å². The van der Waals surface area contributed by atoms with Crippen LogP contribution in [0.5, 0.6) is 0 Å². The SMILES string of the molecule is Cn1cnc2cc(SC(F)(F)F)ccc21. The molecule has 2 nitrogen and oxygen atoms in total. The Bertz CT molecular complexity index is 490. The van der Waals surface area contributed by atoms with Gasteiger partial charge < -0.3 is 4.57 Å². The second kappa shape index (κ2) is 3.44. The van der Waals surface area contributed by atoms with E-state index in [1.807, 2.05) is 0 Å². The highest BCUT2D eigenvalue weighted by molar-refractivity contribution is 8.00. The second-order valence-corrected chi connectivity index (χ2v) is 4.19. The molecule has 0 bridgehead atoms. The number of nitrogens with zero attached hydrogens (tertiary/aromatic N) is 2. The van der Waals surface area contributed by atoms with Gasteiger partial charge in [0.1, 0.15) is 0 Å². The smallest absolute Gasteiger partial charge is 0.334 e. The molecule has 80 valence electrons. The second-order valence-electron chi connectivity index (χ2n) is 3.05. The lowest BCUT2D eigenvalue weighted by Crippen LogP contribution is -1.98. The molecular weight excluding hydrogens is 225 g/mol. The van der Waals surface area contributed by atoms with Gasteiger partial charge >= 0.3 is 5.51 Å². The molecule has 2 aromatic rings. The van der Waals surface area contributed by atoms with Gasteiger partial charge in [0.15, 0.2) is 0 Å². The summed E-state index contributed by atoms with van der Waals surface area (Å²) in [5.74, 6) is 0. The van der Waals surface area contributed by atoms with E-state index >= 15 is 0 Å². The number of halogens is 3. The zero-order chi connectivity index (χ0) is 11.1. The van der Waals surface area contributed by atoms with Crippen LogP contribution in [0, 0.1) is 0 Å². The maximum absolute atomic E-state index is 12.1. The summed E-state index contributed by atoms with van der Waals surface area (Å²) in [6.45, 7) is 0. The monoisotopic (exact) mass is 232 g/mol. The summed E-state index contributed by atoms with van der Waals surface area (Å²) in [6.07, 6.45) is 1.58. The van der Waals surface area contributed by atoms with Crippen LogP contribution in [0.4, 0.5) is 13.2 Å². The van der Waals surface area contributed by atoms with Crippen LogP contribution in [-0.2, 0) is 7.05 Å². The summed E-state index contributed by atoms with van der Waals surface area (Å²) >= 11 is -0.124. The Morgan fingerprint density at radius 2 is 2.07 bits per heavy atom. The number of imidazole rings is 1. The molecule has 0 amide bonds. The lowest BCUT2D eigenvalue weighted by molar-refractivity contribution is -0.0328. The van der Waals surface area contributed by atoms with Crippen molar-refractivity contribution in [2.75, 3.05) is 0 Å². The molecule has 2 rings (SSSR count). The zero-order valence-electron chi connectivity index (χ0n) is 7.75. The fraction of sp³-hybridized carbons (Fsp3) is 0.222. The Morgan fingerprint density at radius 1 is 1.33 bits per heavy atom. The summed E-state index contributed by atoms with van der Waals surface area (Å²) in [5.41, 5.74) is -2.85. The van der Waals surface area contributed by atoms with Crippen molar-refractivity contribution in [1.29, 1.82) is 0 Å². The fourth-order valence-electron chi connectivity index (χ4n) is 1.31. The third-order valence-electron chi connectivity index (χ3n) is 1.93. The first-order chi connectivity index (χ1) is 6.96. The van der Waals surface area contributed by atoms with Gasteiger partial charge in [0.2, 0.25) is 0 Å². The van der Waals surface area contributed by atoms with Gasteiger partial charge in [0.05, 0.1) is 17.4 Å². The Hall–Kier alpha value is -1.17. The van der Waals surface area contributed by atoms with E-state index in [0.717, 1.165) is 5.52 Å². The molecule has 15 heavy (non-hydrogen) atoms. The van der Waals surface area contributed by atoms with Crippen molar-refractivity contribution in [3.8, 4) is 0 Å². The van der Waals surface area contributed by atoms with Crippen molar-refractivity contribution < 1.29 is 13.2 Å². The fourth-order valence-corrected chi connectivity index (χ4v) is 1.89. The molecule has 0 radical (unpaired) electrons. The molecule has 0 saturated heterocycles. The Balaban J connectivity index is 2.39. The molecule has 0 saturated carbocycles. The molecule has 0 spiro atoms. The highest BCUT2D eigenvalue weighted by Crippen LogP contribution is 2.37. The largest absolute Gasteiger partial charge is 0.446 e. The maximum atomic E-state index is 12.1. The van der Waals surface area contributed by atoms with Crippen molar-refractivity contribution in [3.63, 3.8) is 0 Å². The zero-order valence-corrected chi connectivity index (χ0v) is 8.56. The third-order valence-corrected chi connectivity index (χ3v) is 2.65. The Labute approximate surface area is 88.1 Å². The minimum atomic E-state index is -4.25. The average molecular weight is 232 g/mol. The minimum absolute atomic E-state index is 0.124. The molecule has 1 aromatic heterocycles. The van der Waals surface area contributed by atoms with Crippen LogP contribution in [0.3, 0.4) is 0 Å². The summed E-state index contributed by atoms with van der Waals surface area (Å²) in [6, 6.07) is 4.52. The standard InChI is InChI=1S/C9H7F3N2S/c1-14-5-13-7-4-6(2-3-8(7)14)15-9(10,11)12/h2-5H,1H3. The Kier molecular flexibility index (Phi) is 2.38. The topological polar surface area (TPSA) is 17.8 Å². The highest BCUT2D eigenvalue weighted by Gasteiger charge is 2.29. The van der Waals surface area contributed by atoms with Gasteiger partial charge in [-0.2, -0.15) is 13.2 Å². The predicted molar refractivity (Wildman–Crippen MR) is 52.6 cm³/mol. The molecule has 6 heteroatoms. The van der Waals surface area contributed by atoms with Crippen molar-refractivity contribution in [1.82, 2.24) is 9.55 Å². The number of hydrogen-bond donors (Lipinski definition) is 0. The lowest BCUT2D eigenvalue weighted by atomic mass is 10.3. The number of rotatable bonds is 1. The predicted octanol–water partition coefficient (Wildman–Crippen LogP) is 3.19. The van der Waals surface area contributed by atoms with Crippen molar-refractivity contribution in [2.24, 2.45) is 7.05 Å². The van der Waals surface area contributed by atoms with E-state index in [4.69, 9.17) is 0 Å². The average Bonchev–Trinajstić information content (AvgIpc) is 2.45. The summed E-state index contributed by atoms with van der Waals surface area (Å²) < 4.78 is 38.0. The van der Waals surface area contributed by atoms with Gasteiger partial charge in [0.25, 0.3) is 0 Å². The highest BCUT2D eigenvalue weighted by atomic mass is 32.2. The molecule has 0 aliphatic rings.